The van der Waals surface area contributed by atoms with Gasteiger partial charge in [0.05, 0.1) is 17.0 Å². The van der Waals surface area contributed by atoms with Crippen molar-refractivity contribution >= 4 is 21.6 Å². The van der Waals surface area contributed by atoms with Crippen LogP contribution in [0, 0.1) is 11.8 Å². The molecule has 0 spiro atoms. The topological polar surface area (TPSA) is 78.5 Å². The predicted octanol–water partition coefficient (Wildman–Crippen LogP) is 0.740. The summed E-state index contributed by atoms with van der Waals surface area (Å²) in [6.07, 6.45) is 0. The van der Waals surface area contributed by atoms with Gasteiger partial charge in [0.2, 0.25) is 10.0 Å². The van der Waals surface area contributed by atoms with Crippen LogP contribution in [0.15, 0.2) is 24.3 Å². The van der Waals surface area contributed by atoms with E-state index in [1.54, 1.807) is 31.2 Å². The van der Waals surface area contributed by atoms with E-state index in [-0.39, 0.29) is 11.7 Å². The van der Waals surface area contributed by atoms with Crippen LogP contribution in [0.3, 0.4) is 0 Å². The van der Waals surface area contributed by atoms with Crippen molar-refractivity contribution in [3.05, 3.63) is 29.8 Å². The van der Waals surface area contributed by atoms with Crippen molar-refractivity contribution in [1.82, 2.24) is 10.2 Å². The number of fused-ring (bicyclic) bond motifs is 1. The Morgan fingerprint density at radius 1 is 1.27 bits per heavy atom. The van der Waals surface area contributed by atoms with Crippen LogP contribution in [-0.2, 0) is 10.0 Å². The molecule has 0 radical (unpaired) electrons. The van der Waals surface area contributed by atoms with E-state index in [4.69, 9.17) is 0 Å². The summed E-state index contributed by atoms with van der Waals surface area (Å²) in [5.74, 6) is 0.922. The molecule has 2 aliphatic heterocycles. The van der Waals surface area contributed by atoms with Crippen LogP contribution in [0.4, 0.5) is 5.69 Å². The molecule has 2 atom stereocenters. The molecule has 6 nitrogen and oxygen atoms in total. The highest BCUT2D eigenvalue weighted by molar-refractivity contribution is 7.92. The van der Waals surface area contributed by atoms with Crippen molar-refractivity contribution in [1.29, 1.82) is 0 Å². The number of likely N-dealkylation sites (tertiary alicyclic amines) is 1. The number of sulfonamides is 1. The molecule has 0 aromatic heterocycles. The van der Waals surface area contributed by atoms with Crippen LogP contribution in [0.25, 0.3) is 0 Å². The summed E-state index contributed by atoms with van der Waals surface area (Å²) in [6.45, 7) is 4.97. The number of amides is 1. The lowest BCUT2D eigenvalue weighted by molar-refractivity contribution is 0.0783. The summed E-state index contributed by atoms with van der Waals surface area (Å²) in [5.41, 5.74) is 0.789. The van der Waals surface area contributed by atoms with Crippen molar-refractivity contribution in [2.45, 2.75) is 6.92 Å². The van der Waals surface area contributed by atoms with E-state index in [2.05, 4.69) is 10.0 Å². The van der Waals surface area contributed by atoms with Gasteiger partial charge in [-0.15, -0.1) is 0 Å². The van der Waals surface area contributed by atoms with Crippen molar-refractivity contribution in [3.63, 3.8) is 0 Å². The molecule has 2 fully saturated rings. The number of para-hydroxylation sites is 1. The second-order valence-electron chi connectivity index (χ2n) is 5.94. The van der Waals surface area contributed by atoms with Crippen LogP contribution in [-0.4, -0.2) is 51.2 Å². The van der Waals surface area contributed by atoms with Crippen LogP contribution in [0.1, 0.15) is 17.3 Å². The number of carbonyl (C=O) groups excluding carboxylic acids is 1. The van der Waals surface area contributed by atoms with E-state index in [1.165, 1.54) is 0 Å². The number of anilines is 1. The molecule has 22 heavy (non-hydrogen) atoms. The molecular formula is C15H21N3O3S. The number of hydrogen-bond donors (Lipinski definition) is 2. The third-order valence-electron chi connectivity index (χ3n) is 4.48. The maximum atomic E-state index is 12.7. The Balaban J connectivity index is 1.81. The molecule has 120 valence electrons. The van der Waals surface area contributed by atoms with E-state index in [0.717, 1.165) is 26.2 Å². The Labute approximate surface area is 130 Å². The molecule has 1 aromatic rings. The maximum Gasteiger partial charge on any atom is 0.256 e. The zero-order chi connectivity index (χ0) is 15.7. The van der Waals surface area contributed by atoms with Gasteiger partial charge in [0.1, 0.15) is 0 Å². The van der Waals surface area contributed by atoms with Crippen LogP contribution in [0.2, 0.25) is 0 Å². The fourth-order valence-corrected chi connectivity index (χ4v) is 3.85. The fraction of sp³-hybridized carbons (Fsp3) is 0.533. The SMILES string of the molecule is CCS(=O)(=O)Nc1ccccc1C(=O)N1C[C@H]2CNC[C@H]2C1. The van der Waals surface area contributed by atoms with Gasteiger partial charge in [0.15, 0.2) is 0 Å². The first kappa shape index (κ1) is 15.3. The Morgan fingerprint density at radius 3 is 2.55 bits per heavy atom. The van der Waals surface area contributed by atoms with Crippen LogP contribution in [0.5, 0.6) is 0 Å². The minimum absolute atomic E-state index is 0.0188. The highest BCUT2D eigenvalue weighted by atomic mass is 32.2. The molecule has 2 aliphatic rings. The van der Waals surface area contributed by atoms with E-state index in [9.17, 15) is 13.2 Å². The number of benzene rings is 1. The van der Waals surface area contributed by atoms with Crippen LogP contribution >= 0.6 is 0 Å². The quantitative estimate of drug-likeness (QED) is 0.857. The molecule has 2 N–H and O–H groups in total. The van der Waals surface area contributed by atoms with Crippen molar-refractivity contribution in [2.75, 3.05) is 36.7 Å². The first-order valence-electron chi connectivity index (χ1n) is 7.59. The Bertz CT molecular complexity index is 662. The molecule has 1 amide bonds. The number of nitrogens with zero attached hydrogens (tertiary/aromatic N) is 1. The zero-order valence-corrected chi connectivity index (χ0v) is 13.4. The van der Waals surface area contributed by atoms with E-state index < -0.39 is 10.0 Å². The largest absolute Gasteiger partial charge is 0.338 e. The van der Waals surface area contributed by atoms with E-state index in [0.29, 0.717) is 23.1 Å². The van der Waals surface area contributed by atoms with Gasteiger partial charge < -0.3 is 10.2 Å². The third kappa shape index (κ3) is 2.96. The molecule has 2 saturated heterocycles. The average Bonchev–Trinajstić information content (AvgIpc) is 3.08. The summed E-state index contributed by atoms with van der Waals surface area (Å²) in [6, 6.07) is 6.81. The summed E-state index contributed by atoms with van der Waals surface area (Å²) < 4.78 is 26.1. The minimum Gasteiger partial charge on any atom is -0.338 e. The lowest BCUT2D eigenvalue weighted by atomic mass is 10.0. The third-order valence-corrected chi connectivity index (χ3v) is 5.77. The standard InChI is InChI=1S/C15H21N3O3S/c1-2-22(20,21)17-14-6-4-3-5-13(14)15(19)18-9-11-7-16-8-12(11)10-18/h3-6,11-12,16-17H,2,7-10H2,1H3/t11-,12+. The highest BCUT2D eigenvalue weighted by Gasteiger charge is 2.38. The van der Waals surface area contributed by atoms with Crippen molar-refractivity contribution in [3.8, 4) is 0 Å². The monoisotopic (exact) mass is 323 g/mol. The summed E-state index contributed by atoms with van der Waals surface area (Å²) in [5, 5.41) is 3.34. The molecule has 1 aromatic carbocycles. The van der Waals surface area contributed by atoms with Gasteiger partial charge in [-0.3, -0.25) is 9.52 Å². The maximum absolute atomic E-state index is 12.7. The average molecular weight is 323 g/mol. The second-order valence-corrected chi connectivity index (χ2v) is 7.95. The summed E-state index contributed by atoms with van der Waals surface area (Å²) in [4.78, 5) is 14.6. The smallest absolute Gasteiger partial charge is 0.256 e. The van der Waals surface area contributed by atoms with Gasteiger partial charge in [-0.2, -0.15) is 0 Å². The first-order chi connectivity index (χ1) is 10.5. The number of carbonyl (C=O) groups is 1. The summed E-state index contributed by atoms with van der Waals surface area (Å²) >= 11 is 0. The normalized spacial score (nSPS) is 24.3. The van der Waals surface area contributed by atoms with Crippen molar-refractivity contribution in [2.24, 2.45) is 11.8 Å². The molecule has 0 saturated carbocycles. The molecule has 3 rings (SSSR count). The van der Waals surface area contributed by atoms with Crippen LogP contribution < -0.4 is 10.0 Å². The van der Waals surface area contributed by atoms with Gasteiger partial charge in [-0.05, 0) is 30.9 Å². The van der Waals surface area contributed by atoms with Gasteiger partial charge in [0, 0.05) is 26.2 Å². The Kier molecular flexibility index (Phi) is 4.10. The number of nitrogens with one attached hydrogen (secondary N) is 2. The van der Waals surface area contributed by atoms with Gasteiger partial charge >= 0.3 is 0 Å². The molecule has 7 heteroatoms. The number of hydrogen-bond acceptors (Lipinski definition) is 4. The first-order valence-corrected chi connectivity index (χ1v) is 9.25. The van der Waals surface area contributed by atoms with E-state index in [1.807, 2.05) is 4.90 Å². The lowest BCUT2D eigenvalue weighted by Crippen LogP contribution is -2.32. The molecule has 0 bridgehead atoms. The zero-order valence-electron chi connectivity index (χ0n) is 12.6. The van der Waals surface area contributed by atoms with E-state index >= 15 is 0 Å². The molecule has 2 heterocycles. The van der Waals surface area contributed by atoms with Gasteiger partial charge in [0.25, 0.3) is 5.91 Å². The second kappa shape index (κ2) is 5.89. The minimum atomic E-state index is -3.40. The molecule has 0 aliphatic carbocycles. The summed E-state index contributed by atoms with van der Waals surface area (Å²) in [7, 11) is -3.40. The Hall–Kier alpha value is -1.60. The number of rotatable bonds is 4. The molecule has 0 unspecified atom stereocenters. The predicted molar refractivity (Wildman–Crippen MR) is 85.3 cm³/mol. The van der Waals surface area contributed by atoms with Gasteiger partial charge in [-0.1, -0.05) is 12.1 Å². The lowest BCUT2D eigenvalue weighted by Gasteiger charge is -2.19. The van der Waals surface area contributed by atoms with Crippen molar-refractivity contribution < 1.29 is 13.2 Å². The Morgan fingerprint density at radius 2 is 1.91 bits per heavy atom. The molecular weight excluding hydrogens is 302 g/mol. The highest BCUT2D eigenvalue weighted by Crippen LogP contribution is 2.29. The fourth-order valence-electron chi connectivity index (χ4n) is 3.19. The van der Waals surface area contributed by atoms with Gasteiger partial charge in [-0.25, -0.2) is 8.42 Å².